The summed E-state index contributed by atoms with van der Waals surface area (Å²) in [5, 5.41) is 3.11. The minimum absolute atomic E-state index is 0.630. The minimum atomic E-state index is 0.630. The van der Waals surface area contributed by atoms with Gasteiger partial charge in [-0.1, -0.05) is 0 Å². The van der Waals surface area contributed by atoms with Crippen molar-refractivity contribution in [2.45, 2.75) is 18.8 Å². The Morgan fingerprint density at radius 1 is 1.47 bits per heavy atom. The number of nitrogens with zero attached hydrogens (tertiary/aromatic N) is 2. The van der Waals surface area contributed by atoms with E-state index in [0.717, 1.165) is 41.7 Å². The van der Waals surface area contributed by atoms with Crippen molar-refractivity contribution in [2.24, 2.45) is 0 Å². The zero-order chi connectivity index (χ0) is 10.7. The zero-order valence-corrected chi connectivity index (χ0v) is 9.86. The maximum absolute atomic E-state index is 5.41. The number of hydrogen-bond acceptors (Lipinski definition) is 5. The van der Waals surface area contributed by atoms with Crippen LogP contribution in [-0.2, 0) is 23.5 Å². The van der Waals surface area contributed by atoms with Crippen LogP contribution in [0, 0.1) is 0 Å². The first-order valence-electron chi connectivity index (χ1n) is 4.98. The summed E-state index contributed by atoms with van der Waals surface area (Å²) in [5.74, 6) is 2.69. The molecule has 5 heteroatoms. The first kappa shape index (κ1) is 10.7. The monoisotopic (exact) mass is 225 g/mol. The predicted octanol–water partition coefficient (Wildman–Crippen LogP) is 1.45. The maximum Gasteiger partial charge on any atom is 0.140 e. The molecule has 0 fully saturated rings. The highest BCUT2D eigenvalue weighted by Crippen LogP contribution is 2.22. The highest BCUT2D eigenvalue weighted by atomic mass is 32.2. The SMILES string of the molecule is CNc1nc(CSC)nc2c1COCC2. The molecule has 0 saturated heterocycles. The molecule has 0 spiro atoms. The number of hydrogen-bond donors (Lipinski definition) is 1. The average Bonchev–Trinajstić information content (AvgIpc) is 2.28. The Kier molecular flexibility index (Phi) is 3.43. The van der Waals surface area contributed by atoms with Crippen molar-refractivity contribution in [1.82, 2.24) is 9.97 Å². The van der Waals surface area contributed by atoms with E-state index in [1.807, 2.05) is 7.05 Å². The zero-order valence-electron chi connectivity index (χ0n) is 9.04. The van der Waals surface area contributed by atoms with E-state index in [2.05, 4.69) is 21.5 Å². The lowest BCUT2D eigenvalue weighted by atomic mass is 10.1. The number of anilines is 1. The predicted molar refractivity (Wildman–Crippen MR) is 62.2 cm³/mol. The molecule has 15 heavy (non-hydrogen) atoms. The van der Waals surface area contributed by atoms with Crippen molar-refractivity contribution in [3.63, 3.8) is 0 Å². The molecule has 1 aliphatic heterocycles. The molecule has 82 valence electrons. The van der Waals surface area contributed by atoms with E-state index in [9.17, 15) is 0 Å². The van der Waals surface area contributed by atoms with Crippen molar-refractivity contribution >= 4 is 17.6 Å². The molecule has 0 amide bonds. The second-order valence-corrected chi connectivity index (χ2v) is 4.27. The van der Waals surface area contributed by atoms with Crippen molar-refractivity contribution in [3.05, 3.63) is 17.1 Å². The van der Waals surface area contributed by atoms with Crippen LogP contribution in [0.4, 0.5) is 5.82 Å². The van der Waals surface area contributed by atoms with Crippen molar-refractivity contribution in [1.29, 1.82) is 0 Å². The molecular weight excluding hydrogens is 210 g/mol. The van der Waals surface area contributed by atoms with Gasteiger partial charge in [0.05, 0.1) is 24.7 Å². The average molecular weight is 225 g/mol. The van der Waals surface area contributed by atoms with Gasteiger partial charge in [0, 0.05) is 19.0 Å². The Bertz CT molecular complexity index is 340. The van der Waals surface area contributed by atoms with Gasteiger partial charge in [-0.3, -0.25) is 0 Å². The molecule has 0 bridgehead atoms. The number of aromatic nitrogens is 2. The van der Waals surface area contributed by atoms with Gasteiger partial charge < -0.3 is 10.1 Å². The van der Waals surface area contributed by atoms with E-state index < -0.39 is 0 Å². The first-order chi connectivity index (χ1) is 7.35. The van der Waals surface area contributed by atoms with Crippen LogP contribution in [-0.4, -0.2) is 29.9 Å². The van der Waals surface area contributed by atoms with E-state index in [1.54, 1.807) is 11.8 Å². The molecule has 2 rings (SSSR count). The number of nitrogens with one attached hydrogen (secondary N) is 1. The molecule has 1 aliphatic rings. The summed E-state index contributed by atoms with van der Waals surface area (Å²) >= 11 is 1.74. The normalized spacial score (nSPS) is 14.8. The van der Waals surface area contributed by atoms with E-state index in [0.29, 0.717) is 6.61 Å². The van der Waals surface area contributed by atoms with Gasteiger partial charge in [-0.2, -0.15) is 11.8 Å². The summed E-state index contributed by atoms with van der Waals surface area (Å²) in [5.41, 5.74) is 2.26. The molecule has 0 aliphatic carbocycles. The van der Waals surface area contributed by atoms with Crippen molar-refractivity contribution < 1.29 is 4.74 Å². The van der Waals surface area contributed by atoms with E-state index in [4.69, 9.17) is 4.74 Å². The quantitative estimate of drug-likeness (QED) is 0.843. The number of fused-ring (bicyclic) bond motifs is 1. The van der Waals surface area contributed by atoms with Crippen LogP contribution in [0.25, 0.3) is 0 Å². The summed E-state index contributed by atoms with van der Waals surface area (Å²) in [6.07, 6.45) is 2.96. The number of ether oxygens (including phenoxy) is 1. The van der Waals surface area contributed by atoms with Gasteiger partial charge in [-0.25, -0.2) is 9.97 Å². The van der Waals surface area contributed by atoms with E-state index >= 15 is 0 Å². The van der Waals surface area contributed by atoms with Crippen LogP contribution in [0.2, 0.25) is 0 Å². The topological polar surface area (TPSA) is 47.0 Å². The standard InChI is InChI=1S/C10H15N3OS/c1-11-10-7-5-14-4-3-8(7)12-9(13-10)6-15-2/h3-6H2,1-2H3,(H,11,12,13). The fourth-order valence-electron chi connectivity index (χ4n) is 1.68. The molecule has 1 aromatic heterocycles. The van der Waals surface area contributed by atoms with Gasteiger partial charge in [0.1, 0.15) is 11.6 Å². The second kappa shape index (κ2) is 4.81. The van der Waals surface area contributed by atoms with Gasteiger partial charge >= 0.3 is 0 Å². The van der Waals surface area contributed by atoms with Gasteiger partial charge in [-0.05, 0) is 6.26 Å². The van der Waals surface area contributed by atoms with E-state index in [1.165, 1.54) is 0 Å². The molecule has 2 heterocycles. The van der Waals surface area contributed by atoms with Gasteiger partial charge in [0.25, 0.3) is 0 Å². The molecule has 1 aromatic rings. The molecule has 0 aromatic carbocycles. The molecule has 0 unspecified atom stereocenters. The van der Waals surface area contributed by atoms with E-state index in [-0.39, 0.29) is 0 Å². The molecule has 4 nitrogen and oxygen atoms in total. The summed E-state index contributed by atoms with van der Waals surface area (Å²) in [7, 11) is 1.89. The molecule has 1 N–H and O–H groups in total. The van der Waals surface area contributed by atoms with Crippen LogP contribution in [0.15, 0.2) is 0 Å². The fraction of sp³-hybridized carbons (Fsp3) is 0.600. The van der Waals surface area contributed by atoms with Crippen LogP contribution in [0.5, 0.6) is 0 Å². The molecule has 0 radical (unpaired) electrons. The Morgan fingerprint density at radius 2 is 2.33 bits per heavy atom. The Balaban J connectivity index is 2.38. The van der Waals surface area contributed by atoms with Gasteiger partial charge in [0.2, 0.25) is 0 Å². The van der Waals surface area contributed by atoms with Gasteiger partial charge in [-0.15, -0.1) is 0 Å². The molecular formula is C10H15N3OS. The highest BCUT2D eigenvalue weighted by molar-refractivity contribution is 7.97. The first-order valence-corrected chi connectivity index (χ1v) is 6.37. The lowest BCUT2D eigenvalue weighted by Gasteiger charge is -2.19. The Hall–Kier alpha value is -0.810. The van der Waals surface area contributed by atoms with Crippen LogP contribution >= 0.6 is 11.8 Å². The summed E-state index contributed by atoms with van der Waals surface area (Å²) in [4.78, 5) is 9.03. The molecule has 0 atom stereocenters. The Morgan fingerprint density at radius 3 is 3.07 bits per heavy atom. The third-order valence-electron chi connectivity index (χ3n) is 2.38. The lowest BCUT2D eigenvalue weighted by molar-refractivity contribution is 0.109. The van der Waals surface area contributed by atoms with Crippen LogP contribution in [0.1, 0.15) is 17.1 Å². The van der Waals surface area contributed by atoms with Gasteiger partial charge in [0.15, 0.2) is 0 Å². The van der Waals surface area contributed by atoms with Crippen molar-refractivity contribution in [2.75, 3.05) is 25.2 Å². The van der Waals surface area contributed by atoms with Crippen molar-refractivity contribution in [3.8, 4) is 0 Å². The maximum atomic E-state index is 5.41. The summed E-state index contributed by atoms with van der Waals surface area (Å²) < 4.78 is 5.41. The molecule has 0 saturated carbocycles. The minimum Gasteiger partial charge on any atom is -0.376 e. The second-order valence-electron chi connectivity index (χ2n) is 3.40. The summed E-state index contributed by atoms with van der Waals surface area (Å²) in [6, 6.07) is 0. The third kappa shape index (κ3) is 2.23. The third-order valence-corrected chi connectivity index (χ3v) is 2.93. The fourth-order valence-corrected chi connectivity index (χ4v) is 2.07. The number of rotatable bonds is 3. The highest BCUT2D eigenvalue weighted by Gasteiger charge is 2.17. The number of thioether (sulfide) groups is 1. The Labute approximate surface area is 93.8 Å². The summed E-state index contributed by atoms with van der Waals surface area (Å²) in [6.45, 7) is 1.40. The lowest BCUT2D eigenvalue weighted by Crippen LogP contribution is -2.16. The largest absolute Gasteiger partial charge is 0.376 e. The van der Waals surface area contributed by atoms with Crippen LogP contribution < -0.4 is 5.32 Å². The smallest absolute Gasteiger partial charge is 0.140 e. The van der Waals surface area contributed by atoms with Crippen LogP contribution in [0.3, 0.4) is 0 Å².